The van der Waals surface area contributed by atoms with Gasteiger partial charge in [-0.1, -0.05) is 24.6 Å². The van der Waals surface area contributed by atoms with Crippen molar-refractivity contribution in [3.8, 4) is 5.75 Å². The van der Waals surface area contributed by atoms with Crippen molar-refractivity contribution in [2.75, 3.05) is 7.05 Å². The predicted molar refractivity (Wildman–Crippen MR) is 79.5 cm³/mol. The molecule has 1 aliphatic carbocycles. The molecule has 4 nitrogen and oxygen atoms in total. The zero-order valence-electron chi connectivity index (χ0n) is 13.0. The summed E-state index contributed by atoms with van der Waals surface area (Å²) >= 11 is 0. The van der Waals surface area contributed by atoms with Gasteiger partial charge in [0.2, 0.25) is 5.91 Å². The number of para-hydroxylation sites is 1. The molecule has 2 atom stereocenters. The summed E-state index contributed by atoms with van der Waals surface area (Å²) in [7, 11) is 1.59. The third kappa shape index (κ3) is 5.13. The summed E-state index contributed by atoms with van der Waals surface area (Å²) in [5.41, 5.74) is 6.21. The topological polar surface area (TPSA) is 55.6 Å². The van der Waals surface area contributed by atoms with Crippen LogP contribution in [0.5, 0.6) is 5.75 Å². The standard InChI is InChI=1S/C16H21F3N2O2/c1-21(15(22)11-6-4-7-13(20)9-11)10-12-5-2-3-8-14(12)23-16(17,18)19/h2-3,5,8,11,13H,4,6-7,9-10,20H2,1H3/t11-,13+/m1/s1. The molecule has 1 saturated carbocycles. The molecule has 0 bridgehead atoms. The lowest BCUT2D eigenvalue weighted by molar-refractivity contribution is -0.275. The lowest BCUT2D eigenvalue weighted by Crippen LogP contribution is -2.38. The van der Waals surface area contributed by atoms with Crippen LogP contribution in [0.2, 0.25) is 0 Å². The van der Waals surface area contributed by atoms with Gasteiger partial charge >= 0.3 is 6.36 Å². The molecule has 0 aromatic heterocycles. The summed E-state index contributed by atoms with van der Waals surface area (Å²) in [6.07, 6.45) is -1.54. The molecule has 1 aliphatic rings. The largest absolute Gasteiger partial charge is 0.573 e. The fourth-order valence-electron chi connectivity index (χ4n) is 2.96. The maximum Gasteiger partial charge on any atom is 0.573 e. The molecule has 128 valence electrons. The quantitative estimate of drug-likeness (QED) is 0.923. The average molecular weight is 330 g/mol. The molecule has 0 heterocycles. The van der Waals surface area contributed by atoms with Crippen LogP contribution in [-0.4, -0.2) is 30.3 Å². The van der Waals surface area contributed by atoms with Gasteiger partial charge in [-0.3, -0.25) is 4.79 Å². The van der Waals surface area contributed by atoms with Crippen LogP contribution >= 0.6 is 0 Å². The highest BCUT2D eigenvalue weighted by atomic mass is 19.4. The molecule has 0 unspecified atom stereocenters. The SMILES string of the molecule is CN(Cc1ccccc1OC(F)(F)F)C(=O)[C@@H]1CCC[C@H](N)C1. The molecule has 0 aliphatic heterocycles. The van der Waals surface area contributed by atoms with Gasteiger partial charge in [-0.2, -0.15) is 0 Å². The first kappa shape index (κ1) is 17.6. The van der Waals surface area contributed by atoms with Gasteiger partial charge < -0.3 is 15.4 Å². The highest BCUT2D eigenvalue weighted by Crippen LogP contribution is 2.29. The first-order valence-corrected chi connectivity index (χ1v) is 7.60. The highest BCUT2D eigenvalue weighted by Gasteiger charge is 2.32. The molecule has 1 fully saturated rings. The van der Waals surface area contributed by atoms with Crippen molar-refractivity contribution < 1.29 is 22.7 Å². The fourth-order valence-corrected chi connectivity index (χ4v) is 2.96. The lowest BCUT2D eigenvalue weighted by Gasteiger charge is -2.29. The van der Waals surface area contributed by atoms with E-state index in [2.05, 4.69) is 4.74 Å². The van der Waals surface area contributed by atoms with Crippen LogP contribution < -0.4 is 10.5 Å². The number of amides is 1. The van der Waals surface area contributed by atoms with Crippen molar-refractivity contribution in [2.24, 2.45) is 11.7 Å². The van der Waals surface area contributed by atoms with Crippen LogP contribution in [0.4, 0.5) is 13.2 Å². The average Bonchev–Trinajstić information content (AvgIpc) is 2.47. The van der Waals surface area contributed by atoms with Crippen LogP contribution in [0, 0.1) is 5.92 Å². The first-order chi connectivity index (χ1) is 10.8. The van der Waals surface area contributed by atoms with E-state index in [-0.39, 0.29) is 30.2 Å². The van der Waals surface area contributed by atoms with Gasteiger partial charge in [0.05, 0.1) is 0 Å². The number of rotatable bonds is 4. The zero-order valence-corrected chi connectivity index (χ0v) is 13.0. The summed E-state index contributed by atoms with van der Waals surface area (Å²) in [5.74, 6) is -0.513. The number of carbonyl (C=O) groups excluding carboxylic acids is 1. The van der Waals surface area contributed by atoms with E-state index >= 15 is 0 Å². The molecule has 2 rings (SSSR count). The van der Waals surface area contributed by atoms with Crippen LogP contribution in [0.1, 0.15) is 31.2 Å². The van der Waals surface area contributed by atoms with Gasteiger partial charge in [0.1, 0.15) is 5.75 Å². The minimum atomic E-state index is -4.76. The number of hydrogen-bond donors (Lipinski definition) is 1. The van der Waals surface area contributed by atoms with E-state index in [1.807, 2.05) is 0 Å². The van der Waals surface area contributed by atoms with Crippen LogP contribution in [-0.2, 0) is 11.3 Å². The van der Waals surface area contributed by atoms with Crippen molar-refractivity contribution in [3.05, 3.63) is 29.8 Å². The second-order valence-electron chi connectivity index (χ2n) is 5.97. The van der Waals surface area contributed by atoms with Gasteiger partial charge in [0.25, 0.3) is 0 Å². The van der Waals surface area contributed by atoms with Crippen molar-refractivity contribution in [2.45, 2.75) is 44.6 Å². The molecule has 2 N–H and O–H groups in total. The van der Waals surface area contributed by atoms with E-state index in [1.54, 1.807) is 13.1 Å². The second kappa shape index (κ2) is 7.21. The summed E-state index contributed by atoms with van der Waals surface area (Å²) in [6, 6.07) is 5.88. The number of hydrogen-bond acceptors (Lipinski definition) is 3. The smallest absolute Gasteiger partial charge is 0.405 e. The van der Waals surface area contributed by atoms with Crippen molar-refractivity contribution in [1.29, 1.82) is 0 Å². The maximum atomic E-state index is 12.5. The van der Waals surface area contributed by atoms with Crippen LogP contribution in [0.25, 0.3) is 0 Å². The van der Waals surface area contributed by atoms with Gasteiger partial charge in [-0.25, -0.2) is 0 Å². The lowest BCUT2D eigenvalue weighted by atomic mass is 9.85. The summed E-state index contributed by atoms with van der Waals surface area (Å²) in [5, 5.41) is 0. The predicted octanol–water partition coefficient (Wildman–Crippen LogP) is 3.06. The summed E-state index contributed by atoms with van der Waals surface area (Å²) < 4.78 is 41.3. The zero-order chi connectivity index (χ0) is 17.0. The fraction of sp³-hybridized carbons (Fsp3) is 0.562. The molecule has 1 aromatic rings. The number of alkyl halides is 3. The number of nitrogens with two attached hydrogens (primary N) is 1. The number of halogens is 3. The maximum absolute atomic E-state index is 12.5. The molecule has 0 saturated heterocycles. The Bertz CT molecular complexity index is 548. The van der Waals surface area contributed by atoms with Gasteiger partial charge in [0, 0.05) is 31.1 Å². The molecule has 1 amide bonds. The minimum Gasteiger partial charge on any atom is -0.405 e. The van der Waals surface area contributed by atoms with Gasteiger partial charge in [-0.05, 0) is 25.3 Å². The Balaban J connectivity index is 2.05. The molecular weight excluding hydrogens is 309 g/mol. The Morgan fingerprint density at radius 3 is 2.70 bits per heavy atom. The van der Waals surface area contributed by atoms with Crippen molar-refractivity contribution >= 4 is 5.91 Å². The first-order valence-electron chi connectivity index (χ1n) is 7.60. The van der Waals surface area contributed by atoms with Crippen molar-refractivity contribution in [3.63, 3.8) is 0 Å². The number of benzene rings is 1. The van der Waals surface area contributed by atoms with Crippen molar-refractivity contribution in [1.82, 2.24) is 4.90 Å². The van der Waals surface area contributed by atoms with Crippen LogP contribution in [0.3, 0.4) is 0 Å². The Morgan fingerprint density at radius 1 is 1.35 bits per heavy atom. The summed E-state index contributed by atoms with van der Waals surface area (Å²) in [4.78, 5) is 13.9. The molecule has 1 aromatic carbocycles. The third-order valence-corrected chi connectivity index (χ3v) is 4.05. The Kier molecular flexibility index (Phi) is 5.51. The molecular formula is C16H21F3N2O2. The number of carbonyl (C=O) groups is 1. The number of nitrogens with zero attached hydrogens (tertiary/aromatic N) is 1. The molecule has 0 radical (unpaired) electrons. The van der Waals surface area contributed by atoms with E-state index in [1.165, 1.54) is 23.1 Å². The Hall–Kier alpha value is -1.76. The molecule has 23 heavy (non-hydrogen) atoms. The van der Waals surface area contributed by atoms with Gasteiger partial charge in [0.15, 0.2) is 0 Å². The van der Waals surface area contributed by atoms with Gasteiger partial charge in [-0.15, -0.1) is 13.2 Å². The van der Waals surface area contributed by atoms with E-state index in [0.717, 1.165) is 19.3 Å². The number of ether oxygens (including phenoxy) is 1. The van der Waals surface area contributed by atoms with E-state index in [0.29, 0.717) is 12.0 Å². The van der Waals surface area contributed by atoms with E-state index < -0.39 is 6.36 Å². The second-order valence-corrected chi connectivity index (χ2v) is 5.97. The highest BCUT2D eigenvalue weighted by molar-refractivity contribution is 5.78. The third-order valence-electron chi connectivity index (χ3n) is 4.05. The monoisotopic (exact) mass is 330 g/mol. The minimum absolute atomic E-state index is 0.0203. The Labute approximate surface area is 133 Å². The Morgan fingerprint density at radius 2 is 2.04 bits per heavy atom. The molecule has 0 spiro atoms. The van der Waals surface area contributed by atoms with Crippen LogP contribution in [0.15, 0.2) is 24.3 Å². The van der Waals surface area contributed by atoms with E-state index in [9.17, 15) is 18.0 Å². The van der Waals surface area contributed by atoms with E-state index in [4.69, 9.17) is 5.73 Å². The summed E-state index contributed by atoms with van der Waals surface area (Å²) in [6.45, 7) is 0.0663. The normalized spacial score (nSPS) is 21.8. The molecule has 7 heteroatoms.